The maximum atomic E-state index is 12.3. The highest BCUT2D eigenvalue weighted by Crippen LogP contribution is 2.24. The number of nitrogens with zero attached hydrogens (tertiary/aromatic N) is 1. The molecule has 0 aliphatic heterocycles. The Balaban J connectivity index is 1.38. The maximum absolute atomic E-state index is 12.3. The minimum atomic E-state index is -0.290. The van der Waals surface area contributed by atoms with Gasteiger partial charge in [0.05, 0.1) is 0 Å². The number of rotatable bonds is 6. The third kappa shape index (κ3) is 5.04. The summed E-state index contributed by atoms with van der Waals surface area (Å²) in [6.45, 7) is 0. The second kappa shape index (κ2) is 9.49. The van der Waals surface area contributed by atoms with Gasteiger partial charge in [0.2, 0.25) is 5.91 Å². The number of carbonyl (C=O) groups excluding carboxylic acids is 2. The average Bonchev–Trinajstić information content (AvgIpc) is 3.20. The Morgan fingerprint density at radius 2 is 1.88 bits per heavy atom. The summed E-state index contributed by atoms with van der Waals surface area (Å²) in [6, 6.07) is 16.1. The van der Waals surface area contributed by atoms with Crippen molar-refractivity contribution in [2.75, 3.05) is 12.4 Å². The van der Waals surface area contributed by atoms with E-state index >= 15 is 0 Å². The first kappa shape index (κ1) is 21.3. The summed E-state index contributed by atoms with van der Waals surface area (Å²) in [6.07, 6.45) is 6.63. The van der Waals surface area contributed by atoms with E-state index in [1.165, 1.54) is 12.3 Å². The summed E-state index contributed by atoms with van der Waals surface area (Å²) in [5.41, 5.74) is 2.82. The lowest BCUT2D eigenvalue weighted by molar-refractivity contribution is -0.111. The van der Waals surface area contributed by atoms with E-state index in [9.17, 15) is 9.59 Å². The first-order valence-corrected chi connectivity index (χ1v) is 10.5. The number of ether oxygens (including phenoxy) is 1. The topological polar surface area (TPSA) is 96.1 Å². The fourth-order valence-corrected chi connectivity index (χ4v) is 3.44. The maximum Gasteiger partial charge on any atom is 0.269 e. The van der Waals surface area contributed by atoms with Gasteiger partial charge in [-0.3, -0.25) is 14.6 Å². The van der Waals surface area contributed by atoms with Crippen LogP contribution in [0.25, 0.3) is 17.0 Å². The molecular weight excluding hydrogens is 472 g/mol. The van der Waals surface area contributed by atoms with Crippen molar-refractivity contribution in [1.29, 1.82) is 0 Å². The number of amides is 2. The first-order valence-electron chi connectivity index (χ1n) is 9.73. The SMILES string of the molecule is CNC(=O)c1cc(Oc2ccc(NC(=O)/C=C/c3c[nH]c4cc(Br)ccc34)cc2)ccn1. The monoisotopic (exact) mass is 490 g/mol. The molecule has 0 aliphatic carbocycles. The van der Waals surface area contributed by atoms with Gasteiger partial charge in [-0.25, -0.2) is 0 Å². The molecule has 8 heteroatoms. The summed E-state index contributed by atoms with van der Waals surface area (Å²) >= 11 is 3.45. The van der Waals surface area contributed by atoms with Crippen LogP contribution in [0.2, 0.25) is 0 Å². The Morgan fingerprint density at radius 3 is 2.66 bits per heavy atom. The fraction of sp³-hybridized carbons (Fsp3) is 0.0417. The van der Waals surface area contributed by atoms with Gasteiger partial charge in [-0.15, -0.1) is 0 Å². The molecule has 160 valence electrons. The molecule has 32 heavy (non-hydrogen) atoms. The highest BCUT2D eigenvalue weighted by Gasteiger charge is 2.07. The van der Waals surface area contributed by atoms with Crippen LogP contribution in [0, 0.1) is 0 Å². The van der Waals surface area contributed by atoms with Gasteiger partial charge < -0.3 is 20.4 Å². The summed E-state index contributed by atoms with van der Waals surface area (Å²) < 4.78 is 6.76. The van der Waals surface area contributed by atoms with Gasteiger partial charge in [-0.1, -0.05) is 22.0 Å². The number of anilines is 1. The smallest absolute Gasteiger partial charge is 0.269 e. The van der Waals surface area contributed by atoms with E-state index in [0.29, 0.717) is 17.2 Å². The number of halogens is 1. The fourth-order valence-electron chi connectivity index (χ4n) is 3.08. The molecule has 0 unspecified atom stereocenters. The normalized spacial score (nSPS) is 10.9. The van der Waals surface area contributed by atoms with Crippen LogP contribution in [0.1, 0.15) is 16.1 Å². The third-order valence-electron chi connectivity index (χ3n) is 4.64. The Morgan fingerprint density at radius 1 is 1.06 bits per heavy atom. The summed E-state index contributed by atoms with van der Waals surface area (Å²) in [5.74, 6) is 0.526. The summed E-state index contributed by atoms with van der Waals surface area (Å²) in [5, 5.41) is 6.38. The van der Waals surface area contributed by atoms with Gasteiger partial charge in [-0.05, 0) is 54.1 Å². The molecule has 0 fully saturated rings. The Hall–Kier alpha value is -3.91. The van der Waals surface area contributed by atoms with Gasteiger partial charge >= 0.3 is 0 Å². The van der Waals surface area contributed by atoms with Gasteiger partial charge in [0.1, 0.15) is 17.2 Å². The van der Waals surface area contributed by atoms with Gasteiger partial charge in [0.15, 0.2) is 0 Å². The van der Waals surface area contributed by atoms with Crippen molar-refractivity contribution in [1.82, 2.24) is 15.3 Å². The number of H-pyrrole nitrogens is 1. The molecular formula is C24H19BrN4O3. The highest BCUT2D eigenvalue weighted by molar-refractivity contribution is 9.10. The third-order valence-corrected chi connectivity index (χ3v) is 5.13. The van der Waals surface area contributed by atoms with Crippen LogP contribution in [-0.4, -0.2) is 28.8 Å². The van der Waals surface area contributed by atoms with E-state index in [1.54, 1.807) is 49.5 Å². The summed E-state index contributed by atoms with van der Waals surface area (Å²) in [4.78, 5) is 31.2. The number of aromatic amines is 1. The second-order valence-corrected chi connectivity index (χ2v) is 7.75. The predicted octanol–water partition coefficient (Wildman–Crippen LogP) is 5.13. The molecule has 3 N–H and O–H groups in total. The van der Waals surface area contributed by atoms with Crippen molar-refractivity contribution in [3.63, 3.8) is 0 Å². The Bertz CT molecular complexity index is 1310. The number of benzene rings is 2. The van der Waals surface area contributed by atoms with E-state index < -0.39 is 0 Å². The van der Waals surface area contributed by atoms with Gasteiger partial charge in [0, 0.05) is 52.6 Å². The van der Waals surface area contributed by atoms with Crippen molar-refractivity contribution in [2.24, 2.45) is 0 Å². The van der Waals surface area contributed by atoms with Crippen LogP contribution in [0.4, 0.5) is 5.69 Å². The van der Waals surface area contributed by atoms with Crippen LogP contribution >= 0.6 is 15.9 Å². The molecule has 0 spiro atoms. The zero-order valence-corrected chi connectivity index (χ0v) is 18.6. The number of aromatic nitrogens is 2. The number of hydrogen-bond donors (Lipinski definition) is 3. The molecule has 4 rings (SSSR count). The number of fused-ring (bicyclic) bond motifs is 1. The van der Waals surface area contributed by atoms with Crippen molar-refractivity contribution < 1.29 is 14.3 Å². The molecule has 0 bridgehead atoms. The van der Waals surface area contributed by atoms with Crippen LogP contribution in [-0.2, 0) is 4.79 Å². The van der Waals surface area contributed by atoms with Crippen molar-refractivity contribution in [3.05, 3.63) is 88.8 Å². The van der Waals surface area contributed by atoms with Crippen molar-refractivity contribution in [2.45, 2.75) is 0 Å². The molecule has 0 radical (unpaired) electrons. The number of hydrogen-bond acceptors (Lipinski definition) is 4. The molecule has 0 saturated heterocycles. The largest absolute Gasteiger partial charge is 0.457 e. The minimum absolute atomic E-state index is 0.241. The lowest BCUT2D eigenvalue weighted by atomic mass is 10.1. The minimum Gasteiger partial charge on any atom is -0.457 e. The number of carbonyl (C=O) groups is 2. The van der Waals surface area contributed by atoms with Crippen LogP contribution in [0.3, 0.4) is 0 Å². The standard InChI is InChI=1S/C24H19BrN4O3/c1-26-24(31)22-13-19(10-11-27-22)32-18-6-4-17(5-7-18)29-23(30)9-2-15-14-28-21-12-16(25)3-8-20(15)21/h2-14,28H,1H3,(H,26,31)(H,29,30)/b9-2+. The summed E-state index contributed by atoms with van der Waals surface area (Å²) in [7, 11) is 1.54. The lowest BCUT2D eigenvalue weighted by Crippen LogP contribution is -2.18. The Kier molecular flexibility index (Phi) is 6.32. The predicted molar refractivity (Wildman–Crippen MR) is 128 cm³/mol. The van der Waals surface area contributed by atoms with Crippen molar-refractivity contribution >= 4 is 50.4 Å². The number of pyridine rings is 1. The van der Waals surface area contributed by atoms with E-state index in [2.05, 4.69) is 36.5 Å². The average molecular weight is 491 g/mol. The molecule has 0 saturated carbocycles. The molecule has 7 nitrogen and oxygen atoms in total. The van der Waals surface area contributed by atoms with E-state index in [0.717, 1.165) is 20.9 Å². The van der Waals surface area contributed by atoms with E-state index in [1.807, 2.05) is 24.4 Å². The second-order valence-electron chi connectivity index (χ2n) is 6.84. The number of nitrogens with one attached hydrogen (secondary N) is 3. The Labute approximate surface area is 192 Å². The zero-order valence-electron chi connectivity index (χ0n) is 17.1. The molecule has 0 atom stereocenters. The van der Waals surface area contributed by atoms with Gasteiger partial charge in [-0.2, -0.15) is 0 Å². The molecule has 2 heterocycles. The highest BCUT2D eigenvalue weighted by atomic mass is 79.9. The molecule has 0 aliphatic rings. The quantitative estimate of drug-likeness (QED) is 0.326. The van der Waals surface area contributed by atoms with Crippen LogP contribution < -0.4 is 15.4 Å². The first-order chi connectivity index (χ1) is 15.5. The van der Waals surface area contributed by atoms with Crippen LogP contribution in [0.5, 0.6) is 11.5 Å². The molecule has 2 aromatic carbocycles. The molecule has 2 aromatic heterocycles. The van der Waals surface area contributed by atoms with Gasteiger partial charge in [0.25, 0.3) is 5.91 Å². The van der Waals surface area contributed by atoms with E-state index in [-0.39, 0.29) is 17.5 Å². The molecule has 2 amide bonds. The van der Waals surface area contributed by atoms with Crippen molar-refractivity contribution in [3.8, 4) is 11.5 Å². The van der Waals surface area contributed by atoms with E-state index in [4.69, 9.17) is 4.74 Å². The van der Waals surface area contributed by atoms with Crippen LogP contribution in [0.15, 0.2) is 77.5 Å². The lowest BCUT2D eigenvalue weighted by Gasteiger charge is -2.08. The molecule has 4 aromatic rings. The zero-order chi connectivity index (χ0) is 22.5.